The highest BCUT2D eigenvalue weighted by molar-refractivity contribution is 5.86. The molecule has 1 amide bonds. The smallest absolute Gasteiger partial charge is 0.417 e. The van der Waals surface area contributed by atoms with Gasteiger partial charge in [0.1, 0.15) is 11.5 Å². The zero-order valence-electron chi connectivity index (χ0n) is 18.9. The molecule has 3 N–H and O–H groups in total. The van der Waals surface area contributed by atoms with Crippen molar-refractivity contribution in [3.63, 3.8) is 0 Å². The van der Waals surface area contributed by atoms with Gasteiger partial charge in [-0.05, 0) is 72.7 Å². The summed E-state index contributed by atoms with van der Waals surface area (Å²) in [5.74, 6) is 1.17. The van der Waals surface area contributed by atoms with Crippen LogP contribution in [-0.2, 0) is 16.6 Å². The third-order valence-corrected chi connectivity index (χ3v) is 7.02. The van der Waals surface area contributed by atoms with Crippen LogP contribution in [0.4, 0.5) is 10.5 Å². The van der Waals surface area contributed by atoms with E-state index in [2.05, 4.69) is 18.3 Å². The van der Waals surface area contributed by atoms with Gasteiger partial charge in [-0.25, -0.2) is 4.79 Å². The molecule has 0 aromatic heterocycles. The van der Waals surface area contributed by atoms with E-state index in [4.69, 9.17) is 15.2 Å². The summed E-state index contributed by atoms with van der Waals surface area (Å²) in [6.45, 7) is 4.00. The van der Waals surface area contributed by atoms with E-state index >= 15 is 0 Å². The first-order valence-electron chi connectivity index (χ1n) is 11.6. The SMILES string of the molecule is CCC(=O)Oc1ccc(NC(=O)Oc2ccc3c(c2)[C@@]2(C)CCCCC[C@@H](C3)[C@@H]2N)cc1. The van der Waals surface area contributed by atoms with Gasteiger partial charge in [-0.2, -0.15) is 0 Å². The minimum atomic E-state index is -0.566. The van der Waals surface area contributed by atoms with E-state index in [1.54, 1.807) is 31.2 Å². The Labute approximate surface area is 189 Å². The molecule has 2 aromatic rings. The molecule has 170 valence electrons. The van der Waals surface area contributed by atoms with E-state index in [9.17, 15) is 9.59 Å². The van der Waals surface area contributed by atoms with Gasteiger partial charge in [0, 0.05) is 23.6 Å². The van der Waals surface area contributed by atoms with E-state index < -0.39 is 6.09 Å². The van der Waals surface area contributed by atoms with Crippen molar-refractivity contribution in [1.29, 1.82) is 0 Å². The van der Waals surface area contributed by atoms with E-state index in [0.717, 1.165) is 12.8 Å². The summed E-state index contributed by atoms with van der Waals surface area (Å²) >= 11 is 0. The van der Waals surface area contributed by atoms with Crippen LogP contribution in [0.15, 0.2) is 42.5 Å². The molecule has 2 bridgehead atoms. The topological polar surface area (TPSA) is 90.6 Å². The molecule has 0 aliphatic heterocycles. The molecule has 0 saturated heterocycles. The maximum atomic E-state index is 12.5. The second kappa shape index (κ2) is 9.33. The Morgan fingerprint density at radius 3 is 2.56 bits per heavy atom. The Kier molecular flexibility index (Phi) is 6.51. The lowest BCUT2D eigenvalue weighted by Crippen LogP contribution is -2.52. The van der Waals surface area contributed by atoms with Crippen molar-refractivity contribution in [1.82, 2.24) is 0 Å². The summed E-state index contributed by atoms with van der Waals surface area (Å²) in [6.07, 6.45) is 6.66. The lowest BCUT2D eigenvalue weighted by atomic mass is 9.60. The van der Waals surface area contributed by atoms with Gasteiger partial charge in [0.05, 0.1) is 0 Å². The molecule has 2 aliphatic carbocycles. The number of rotatable bonds is 4. The van der Waals surface area contributed by atoms with Gasteiger partial charge in [-0.3, -0.25) is 10.1 Å². The average Bonchev–Trinajstić information content (AvgIpc) is 2.78. The van der Waals surface area contributed by atoms with Crippen molar-refractivity contribution < 1.29 is 19.1 Å². The number of benzene rings is 2. The molecule has 32 heavy (non-hydrogen) atoms. The molecule has 0 heterocycles. The first-order valence-corrected chi connectivity index (χ1v) is 11.6. The van der Waals surface area contributed by atoms with Crippen molar-refractivity contribution in [2.45, 2.75) is 70.3 Å². The van der Waals surface area contributed by atoms with Crippen LogP contribution < -0.4 is 20.5 Å². The molecule has 4 rings (SSSR count). The summed E-state index contributed by atoms with van der Waals surface area (Å²) < 4.78 is 10.7. The second-order valence-electron chi connectivity index (χ2n) is 9.19. The fraction of sp³-hybridized carbons (Fsp3) is 0.462. The highest BCUT2D eigenvalue weighted by atomic mass is 16.6. The van der Waals surface area contributed by atoms with Gasteiger partial charge < -0.3 is 15.2 Å². The molecule has 6 heteroatoms. The number of esters is 1. The molecular weight excluding hydrogens is 404 g/mol. The number of nitrogens with one attached hydrogen (secondary N) is 1. The van der Waals surface area contributed by atoms with E-state index in [0.29, 0.717) is 29.5 Å². The van der Waals surface area contributed by atoms with E-state index in [-0.39, 0.29) is 17.4 Å². The molecule has 0 radical (unpaired) electrons. The predicted octanol–water partition coefficient (Wildman–Crippen LogP) is 5.33. The van der Waals surface area contributed by atoms with Crippen LogP contribution in [0.1, 0.15) is 63.5 Å². The summed E-state index contributed by atoms with van der Waals surface area (Å²) in [5.41, 5.74) is 9.76. The fourth-order valence-corrected chi connectivity index (χ4v) is 5.16. The highest BCUT2D eigenvalue weighted by Gasteiger charge is 2.43. The van der Waals surface area contributed by atoms with Gasteiger partial charge in [0.15, 0.2) is 0 Å². The van der Waals surface area contributed by atoms with Crippen LogP contribution in [0.2, 0.25) is 0 Å². The minimum Gasteiger partial charge on any atom is -0.427 e. The third-order valence-electron chi connectivity index (χ3n) is 7.02. The number of carbonyl (C=O) groups is 2. The molecule has 3 atom stereocenters. The third kappa shape index (κ3) is 4.65. The van der Waals surface area contributed by atoms with Crippen LogP contribution in [0, 0.1) is 5.92 Å². The molecule has 2 aromatic carbocycles. The Hall–Kier alpha value is -2.86. The Balaban J connectivity index is 1.46. The molecule has 0 spiro atoms. The van der Waals surface area contributed by atoms with Gasteiger partial charge in [0.2, 0.25) is 0 Å². The molecule has 1 fully saturated rings. The summed E-state index contributed by atoms with van der Waals surface area (Å²) in [5, 5.41) is 2.72. The number of nitrogens with two attached hydrogens (primary N) is 1. The lowest BCUT2D eigenvalue weighted by Gasteiger charge is -2.47. The van der Waals surface area contributed by atoms with Gasteiger partial charge >= 0.3 is 12.1 Å². The Morgan fingerprint density at radius 1 is 1.06 bits per heavy atom. The number of fused-ring (bicyclic) bond motifs is 4. The van der Waals surface area contributed by atoms with Crippen LogP contribution in [0.5, 0.6) is 11.5 Å². The first kappa shape index (κ1) is 22.3. The maximum Gasteiger partial charge on any atom is 0.417 e. The summed E-state index contributed by atoms with van der Waals surface area (Å²) in [6, 6.07) is 12.7. The van der Waals surface area contributed by atoms with Crippen LogP contribution >= 0.6 is 0 Å². The number of hydrogen-bond acceptors (Lipinski definition) is 5. The van der Waals surface area contributed by atoms with Crippen molar-refractivity contribution in [3.8, 4) is 11.5 Å². The lowest BCUT2D eigenvalue weighted by molar-refractivity contribution is -0.134. The molecule has 0 unspecified atom stereocenters. The molecule has 6 nitrogen and oxygen atoms in total. The van der Waals surface area contributed by atoms with Crippen LogP contribution in [0.3, 0.4) is 0 Å². The Bertz CT molecular complexity index is 988. The van der Waals surface area contributed by atoms with Gasteiger partial charge in [-0.1, -0.05) is 39.2 Å². The number of anilines is 1. The highest BCUT2D eigenvalue weighted by Crippen LogP contribution is 2.46. The van der Waals surface area contributed by atoms with Gasteiger partial charge in [-0.15, -0.1) is 0 Å². The monoisotopic (exact) mass is 436 g/mol. The van der Waals surface area contributed by atoms with E-state index in [1.165, 1.54) is 36.8 Å². The molecule has 2 aliphatic rings. The van der Waals surface area contributed by atoms with Crippen molar-refractivity contribution in [2.24, 2.45) is 11.7 Å². The predicted molar refractivity (Wildman–Crippen MR) is 124 cm³/mol. The molecular formula is C26H32N2O4. The van der Waals surface area contributed by atoms with Crippen LogP contribution in [-0.4, -0.2) is 18.1 Å². The van der Waals surface area contributed by atoms with Crippen LogP contribution in [0.25, 0.3) is 0 Å². The van der Waals surface area contributed by atoms with Crippen molar-refractivity contribution in [3.05, 3.63) is 53.6 Å². The number of carbonyl (C=O) groups excluding carboxylic acids is 2. The largest absolute Gasteiger partial charge is 0.427 e. The molecule has 1 saturated carbocycles. The first-order chi connectivity index (χ1) is 15.4. The number of amides is 1. The van der Waals surface area contributed by atoms with E-state index in [1.807, 2.05) is 12.1 Å². The van der Waals surface area contributed by atoms with Crippen molar-refractivity contribution in [2.75, 3.05) is 5.32 Å². The fourth-order valence-electron chi connectivity index (χ4n) is 5.16. The summed E-state index contributed by atoms with van der Waals surface area (Å²) in [4.78, 5) is 23.8. The minimum absolute atomic E-state index is 0.0970. The zero-order chi connectivity index (χ0) is 22.7. The number of hydrogen-bond donors (Lipinski definition) is 2. The van der Waals surface area contributed by atoms with Gasteiger partial charge in [0.25, 0.3) is 0 Å². The quantitative estimate of drug-likeness (QED) is 0.499. The summed E-state index contributed by atoms with van der Waals surface area (Å²) in [7, 11) is 0. The van der Waals surface area contributed by atoms with Crippen molar-refractivity contribution >= 4 is 17.7 Å². The standard InChI is InChI=1S/C26H32N2O4/c1-3-23(29)31-20-12-9-19(10-13-20)28-25(30)32-21-11-8-17-15-18-7-5-4-6-14-26(2,24(18)27)22(17)16-21/h8-13,16,18,24H,3-7,14-15,27H2,1-2H3,(H,28,30)/t18-,24-,26+/m0/s1. The maximum absolute atomic E-state index is 12.5. The zero-order valence-corrected chi connectivity index (χ0v) is 18.9. The normalized spacial score (nSPS) is 24.5. The number of ether oxygens (including phenoxy) is 2. The Morgan fingerprint density at radius 2 is 1.81 bits per heavy atom. The average molecular weight is 437 g/mol. The second-order valence-corrected chi connectivity index (χ2v) is 9.19.